The number of aromatic nitrogens is 3. The van der Waals surface area contributed by atoms with Crippen LogP contribution in [-0.4, -0.2) is 37.3 Å². The Balaban J connectivity index is 1.76. The highest BCUT2D eigenvalue weighted by Gasteiger charge is 2.25. The number of nitrogens with one attached hydrogen (secondary N) is 2. The van der Waals surface area contributed by atoms with Crippen LogP contribution in [0.25, 0.3) is 0 Å². The fourth-order valence-corrected chi connectivity index (χ4v) is 5.08. The summed E-state index contributed by atoms with van der Waals surface area (Å²) in [5.41, 5.74) is 0.244. The standard InChI is InChI=1S/C24H25Cl3N6O4S/c1-4-32-22(20(9-13(2)3)29-23(35)16-7-5-14(25)10-18(16)27)30-31-24(32)38-12-21(34)28-19-11-15(33(36)37)6-8-17(19)26/h5-8,10-11,13,20H,4,9,12H2,1-3H3,(H,28,34)(H,29,35)/t20-/m0/s1. The van der Waals surface area contributed by atoms with Gasteiger partial charge in [0.05, 0.1) is 38.0 Å². The fraction of sp³-hybridized carbons (Fsp3) is 0.333. The highest BCUT2D eigenvalue weighted by Crippen LogP contribution is 2.29. The van der Waals surface area contributed by atoms with E-state index in [9.17, 15) is 19.7 Å². The van der Waals surface area contributed by atoms with E-state index in [-0.39, 0.29) is 39.0 Å². The first-order chi connectivity index (χ1) is 18.0. The van der Waals surface area contributed by atoms with Crippen LogP contribution >= 0.6 is 46.6 Å². The van der Waals surface area contributed by atoms with Crippen LogP contribution in [0.4, 0.5) is 11.4 Å². The maximum absolute atomic E-state index is 13.0. The van der Waals surface area contributed by atoms with Gasteiger partial charge in [0.2, 0.25) is 5.91 Å². The molecule has 0 bridgehead atoms. The molecule has 0 spiro atoms. The lowest BCUT2D eigenvalue weighted by atomic mass is 10.0. The number of halogens is 3. The zero-order chi connectivity index (χ0) is 28.0. The second-order valence-electron chi connectivity index (χ2n) is 8.62. The van der Waals surface area contributed by atoms with Crippen molar-refractivity contribution < 1.29 is 14.5 Å². The van der Waals surface area contributed by atoms with Gasteiger partial charge >= 0.3 is 0 Å². The number of nitrogens with zero attached hydrogens (tertiary/aromatic N) is 4. The predicted octanol–water partition coefficient (Wildman–Crippen LogP) is 6.41. The number of anilines is 1. The molecule has 1 atom stereocenters. The molecule has 0 saturated carbocycles. The van der Waals surface area contributed by atoms with Gasteiger partial charge in [0.15, 0.2) is 11.0 Å². The summed E-state index contributed by atoms with van der Waals surface area (Å²) < 4.78 is 1.83. The molecule has 10 nitrogen and oxygen atoms in total. The van der Waals surface area contributed by atoms with E-state index in [0.717, 1.165) is 11.8 Å². The molecule has 202 valence electrons. The zero-order valence-corrected chi connectivity index (χ0v) is 23.8. The van der Waals surface area contributed by atoms with Crippen molar-refractivity contribution >= 4 is 69.8 Å². The van der Waals surface area contributed by atoms with Crippen molar-refractivity contribution in [1.29, 1.82) is 0 Å². The number of thioether (sulfide) groups is 1. The quantitative estimate of drug-likeness (QED) is 0.148. The maximum atomic E-state index is 13.0. The SMILES string of the molecule is CCn1c(SCC(=O)Nc2cc([N+](=O)[O-])ccc2Cl)nnc1[C@H](CC(C)C)NC(=O)c1ccc(Cl)cc1Cl. The van der Waals surface area contributed by atoms with Crippen LogP contribution in [0.2, 0.25) is 15.1 Å². The molecular formula is C24H25Cl3N6O4S. The molecule has 0 aliphatic heterocycles. The molecule has 0 radical (unpaired) electrons. The number of amides is 2. The summed E-state index contributed by atoms with van der Waals surface area (Å²) >= 11 is 19.4. The smallest absolute Gasteiger partial charge is 0.271 e. The van der Waals surface area contributed by atoms with E-state index < -0.39 is 16.9 Å². The Hall–Kier alpha value is -2.86. The third-order valence-electron chi connectivity index (χ3n) is 5.33. The molecule has 0 saturated heterocycles. The van der Waals surface area contributed by atoms with E-state index in [1.54, 1.807) is 12.1 Å². The molecule has 3 rings (SSSR count). The average molecular weight is 600 g/mol. The fourth-order valence-electron chi connectivity index (χ4n) is 3.61. The molecule has 2 amide bonds. The van der Waals surface area contributed by atoms with E-state index in [1.165, 1.54) is 24.3 Å². The molecule has 14 heteroatoms. The summed E-state index contributed by atoms with van der Waals surface area (Å²) in [6.45, 7) is 6.46. The van der Waals surface area contributed by atoms with E-state index >= 15 is 0 Å². The van der Waals surface area contributed by atoms with Crippen LogP contribution in [0.1, 0.15) is 49.4 Å². The Kier molecular flexibility index (Phi) is 10.4. The van der Waals surface area contributed by atoms with Crippen LogP contribution in [0.15, 0.2) is 41.6 Å². The van der Waals surface area contributed by atoms with Crippen molar-refractivity contribution in [3.8, 4) is 0 Å². The third-order valence-corrected chi connectivity index (χ3v) is 7.17. The number of nitro groups is 1. The number of hydrogen-bond donors (Lipinski definition) is 2. The number of benzene rings is 2. The van der Waals surface area contributed by atoms with Gasteiger partial charge in [-0.2, -0.15) is 0 Å². The summed E-state index contributed by atoms with van der Waals surface area (Å²) in [5.74, 6) is -0.0631. The molecule has 3 aromatic rings. The second kappa shape index (κ2) is 13.3. The number of nitro benzene ring substituents is 1. The first kappa shape index (κ1) is 29.7. The van der Waals surface area contributed by atoms with Gasteiger partial charge in [0.1, 0.15) is 0 Å². The van der Waals surface area contributed by atoms with Gasteiger partial charge in [0, 0.05) is 23.7 Å². The van der Waals surface area contributed by atoms with Crippen LogP contribution in [0.5, 0.6) is 0 Å². The Morgan fingerprint density at radius 2 is 1.84 bits per heavy atom. The molecule has 1 aromatic heterocycles. The first-order valence-corrected chi connectivity index (χ1v) is 13.7. The number of hydrogen-bond acceptors (Lipinski definition) is 7. The number of carbonyl (C=O) groups excluding carboxylic acids is 2. The number of carbonyl (C=O) groups is 2. The van der Waals surface area contributed by atoms with Gasteiger partial charge in [-0.25, -0.2) is 0 Å². The first-order valence-electron chi connectivity index (χ1n) is 11.6. The molecule has 1 heterocycles. The van der Waals surface area contributed by atoms with Gasteiger partial charge in [0.25, 0.3) is 11.6 Å². The molecule has 0 aliphatic rings. The second-order valence-corrected chi connectivity index (χ2v) is 10.8. The van der Waals surface area contributed by atoms with Crippen LogP contribution in [0.3, 0.4) is 0 Å². The summed E-state index contributed by atoms with van der Waals surface area (Å²) in [5, 5.41) is 26.5. The van der Waals surface area contributed by atoms with Crippen molar-refractivity contribution in [2.75, 3.05) is 11.1 Å². The van der Waals surface area contributed by atoms with Gasteiger partial charge in [-0.05, 0) is 43.5 Å². The lowest BCUT2D eigenvalue weighted by Gasteiger charge is -2.21. The van der Waals surface area contributed by atoms with Gasteiger partial charge < -0.3 is 15.2 Å². The third kappa shape index (κ3) is 7.59. The maximum Gasteiger partial charge on any atom is 0.271 e. The Labute approximate surface area is 238 Å². The molecule has 0 aliphatic carbocycles. The lowest BCUT2D eigenvalue weighted by molar-refractivity contribution is -0.384. The average Bonchev–Trinajstić information content (AvgIpc) is 3.26. The minimum Gasteiger partial charge on any atom is -0.342 e. The van der Waals surface area contributed by atoms with E-state index in [4.69, 9.17) is 34.8 Å². The lowest BCUT2D eigenvalue weighted by Crippen LogP contribution is -2.32. The van der Waals surface area contributed by atoms with Crippen molar-refractivity contribution in [1.82, 2.24) is 20.1 Å². The summed E-state index contributed by atoms with van der Waals surface area (Å²) in [6.07, 6.45) is 0.589. The van der Waals surface area contributed by atoms with E-state index in [1.807, 2.05) is 25.3 Å². The highest BCUT2D eigenvalue weighted by atomic mass is 35.5. The predicted molar refractivity (Wildman–Crippen MR) is 149 cm³/mol. The Morgan fingerprint density at radius 3 is 2.47 bits per heavy atom. The van der Waals surface area contributed by atoms with Gasteiger partial charge in [-0.1, -0.05) is 60.4 Å². The van der Waals surface area contributed by atoms with E-state index in [0.29, 0.717) is 34.5 Å². The normalized spacial score (nSPS) is 11.9. The molecule has 0 fully saturated rings. The highest BCUT2D eigenvalue weighted by molar-refractivity contribution is 7.99. The van der Waals surface area contributed by atoms with Crippen molar-refractivity contribution in [2.24, 2.45) is 5.92 Å². The van der Waals surface area contributed by atoms with E-state index in [2.05, 4.69) is 20.8 Å². The topological polar surface area (TPSA) is 132 Å². The van der Waals surface area contributed by atoms with Crippen LogP contribution in [0, 0.1) is 16.0 Å². The minimum absolute atomic E-state index is 0.0429. The monoisotopic (exact) mass is 598 g/mol. The minimum atomic E-state index is -0.570. The number of rotatable bonds is 11. The van der Waals surface area contributed by atoms with Crippen LogP contribution < -0.4 is 10.6 Å². The molecule has 0 unspecified atom stereocenters. The van der Waals surface area contributed by atoms with Crippen molar-refractivity contribution in [3.63, 3.8) is 0 Å². The van der Waals surface area contributed by atoms with Crippen molar-refractivity contribution in [2.45, 2.75) is 44.9 Å². The molecule has 2 aromatic carbocycles. The van der Waals surface area contributed by atoms with Gasteiger partial charge in [-0.15, -0.1) is 10.2 Å². The zero-order valence-electron chi connectivity index (χ0n) is 20.7. The molecule has 38 heavy (non-hydrogen) atoms. The largest absolute Gasteiger partial charge is 0.342 e. The Morgan fingerprint density at radius 1 is 1.11 bits per heavy atom. The summed E-state index contributed by atoms with van der Waals surface area (Å²) in [4.78, 5) is 36.0. The summed E-state index contributed by atoms with van der Waals surface area (Å²) in [7, 11) is 0. The Bertz CT molecular complexity index is 1350. The van der Waals surface area contributed by atoms with Crippen molar-refractivity contribution in [3.05, 3.63) is 73.0 Å². The molecule has 2 N–H and O–H groups in total. The summed E-state index contributed by atoms with van der Waals surface area (Å²) in [6, 6.07) is 8.00. The van der Waals surface area contributed by atoms with Gasteiger partial charge in [-0.3, -0.25) is 19.7 Å². The number of non-ortho nitro benzene ring substituents is 1. The van der Waals surface area contributed by atoms with Crippen LogP contribution in [-0.2, 0) is 11.3 Å². The molecular weight excluding hydrogens is 575 g/mol.